The molecule has 0 radical (unpaired) electrons. The number of hydrogen-bond donors (Lipinski definition) is 4. The first kappa shape index (κ1) is 16.9. The number of aliphatic hydroxyl groups excluding tert-OH is 3. The van der Waals surface area contributed by atoms with E-state index in [9.17, 15) is 20.6 Å². The minimum absolute atomic E-state index is 0.0602. The van der Waals surface area contributed by atoms with Crippen molar-refractivity contribution < 1.29 is 24.8 Å². The van der Waals surface area contributed by atoms with Gasteiger partial charge in [0.2, 0.25) is 11.9 Å². The Morgan fingerprint density at radius 1 is 1.61 bits per heavy atom. The van der Waals surface area contributed by atoms with Gasteiger partial charge in [-0.2, -0.15) is 10.3 Å². The highest BCUT2D eigenvalue weighted by molar-refractivity contribution is 6.02. The molecule has 2 aliphatic rings. The van der Waals surface area contributed by atoms with E-state index in [-0.39, 0.29) is 18.3 Å². The van der Waals surface area contributed by atoms with Crippen LogP contribution in [0.15, 0.2) is 34.5 Å². The fraction of sp³-hybridized carbons (Fsp3) is 0.462. The quantitative estimate of drug-likeness (QED) is 0.489. The molecule has 0 aromatic carbocycles. The molecule has 5 N–H and O–H groups in total. The van der Waals surface area contributed by atoms with Gasteiger partial charge in [-0.25, -0.2) is 5.01 Å². The minimum atomic E-state index is -2.12. The van der Waals surface area contributed by atoms with E-state index in [1.165, 1.54) is 19.3 Å². The van der Waals surface area contributed by atoms with Gasteiger partial charge in [0.25, 0.3) is 5.72 Å². The predicted molar refractivity (Wildman–Crippen MR) is 78.9 cm³/mol. The molecule has 2 heterocycles. The van der Waals surface area contributed by atoms with Gasteiger partial charge in [-0.1, -0.05) is 12.7 Å². The molecule has 0 spiro atoms. The Morgan fingerprint density at radius 3 is 2.87 bits per heavy atom. The summed E-state index contributed by atoms with van der Waals surface area (Å²) < 4.78 is 10.4. The van der Waals surface area contributed by atoms with Crippen LogP contribution in [0.4, 0.5) is 0 Å². The van der Waals surface area contributed by atoms with Crippen LogP contribution in [0, 0.1) is 11.3 Å². The van der Waals surface area contributed by atoms with Gasteiger partial charge in [0.05, 0.1) is 6.61 Å². The monoisotopic (exact) mass is 323 g/mol. The number of guanidine groups is 1. The number of nitriles is 1. The van der Waals surface area contributed by atoms with Gasteiger partial charge in [0, 0.05) is 7.11 Å². The molecule has 0 unspecified atom stereocenters. The van der Waals surface area contributed by atoms with E-state index in [2.05, 4.69) is 16.7 Å². The molecule has 10 heteroatoms. The zero-order valence-electron chi connectivity index (χ0n) is 12.3. The highest BCUT2D eigenvalue weighted by atomic mass is 16.6. The van der Waals surface area contributed by atoms with Crippen molar-refractivity contribution in [3.05, 3.63) is 24.4 Å². The molecule has 0 aromatic rings. The van der Waals surface area contributed by atoms with Crippen molar-refractivity contribution in [2.45, 2.75) is 24.0 Å². The van der Waals surface area contributed by atoms with Gasteiger partial charge >= 0.3 is 0 Å². The zero-order valence-corrected chi connectivity index (χ0v) is 12.3. The Bertz CT molecular complexity index is 625. The van der Waals surface area contributed by atoms with Crippen LogP contribution in [0.3, 0.4) is 0 Å². The number of hydrazone groups is 1. The predicted octanol–water partition coefficient (Wildman–Crippen LogP) is -1.46. The second-order valence-electron chi connectivity index (χ2n) is 4.85. The summed E-state index contributed by atoms with van der Waals surface area (Å²) in [5.41, 5.74) is 3.31. The third-order valence-electron chi connectivity index (χ3n) is 3.40. The summed E-state index contributed by atoms with van der Waals surface area (Å²) in [6, 6.07) is 1.78. The maximum atomic E-state index is 10.3. The second kappa shape index (κ2) is 6.35. The summed E-state index contributed by atoms with van der Waals surface area (Å²) >= 11 is 0. The summed E-state index contributed by atoms with van der Waals surface area (Å²) in [4.78, 5) is 3.58. The van der Waals surface area contributed by atoms with Crippen LogP contribution in [-0.4, -0.2) is 69.9 Å². The van der Waals surface area contributed by atoms with E-state index in [1.807, 2.05) is 0 Å². The fourth-order valence-corrected chi connectivity index (χ4v) is 2.37. The maximum Gasteiger partial charge on any atom is 0.279 e. The fourth-order valence-electron chi connectivity index (χ4n) is 2.37. The van der Waals surface area contributed by atoms with Crippen LogP contribution < -0.4 is 5.73 Å². The van der Waals surface area contributed by atoms with E-state index in [0.29, 0.717) is 0 Å². The van der Waals surface area contributed by atoms with Crippen molar-refractivity contribution in [2.24, 2.45) is 15.8 Å². The Hall–Kier alpha value is -2.45. The lowest BCUT2D eigenvalue weighted by molar-refractivity contribution is -0.137. The Kier molecular flexibility index (Phi) is 4.67. The molecule has 2 aliphatic heterocycles. The molecule has 124 valence electrons. The van der Waals surface area contributed by atoms with Crippen molar-refractivity contribution in [3.8, 4) is 6.07 Å². The summed E-state index contributed by atoms with van der Waals surface area (Å²) in [7, 11) is 1.38. The maximum absolute atomic E-state index is 10.3. The first-order valence-corrected chi connectivity index (χ1v) is 6.60. The summed E-state index contributed by atoms with van der Waals surface area (Å²) in [5, 5.41) is 44.7. The van der Waals surface area contributed by atoms with Crippen LogP contribution in [0.25, 0.3) is 0 Å². The van der Waals surface area contributed by atoms with Gasteiger partial charge in [-0.05, 0) is 6.08 Å². The van der Waals surface area contributed by atoms with Crippen molar-refractivity contribution in [1.29, 1.82) is 5.26 Å². The van der Waals surface area contributed by atoms with Gasteiger partial charge in [0.15, 0.2) is 0 Å². The van der Waals surface area contributed by atoms with Crippen molar-refractivity contribution >= 4 is 11.9 Å². The topological polar surface area (TPSA) is 157 Å². The van der Waals surface area contributed by atoms with Crippen LogP contribution in [0.2, 0.25) is 0 Å². The minimum Gasteiger partial charge on any atom is -0.492 e. The molecule has 4 atom stereocenters. The van der Waals surface area contributed by atoms with E-state index >= 15 is 0 Å². The highest BCUT2D eigenvalue weighted by Crippen LogP contribution is 2.37. The van der Waals surface area contributed by atoms with E-state index < -0.39 is 29.9 Å². The number of aliphatic hydroxyl groups is 3. The lowest BCUT2D eigenvalue weighted by Gasteiger charge is -2.36. The SMILES string of the molecule is C=C/C=C1/C(O)=NC(N)=NN1[C@]1(C#N)O[C@H](COC)[C@@H](O)[C@H]1O. The number of nitrogens with zero attached hydrogens (tertiary/aromatic N) is 4. The van der Waals surface area contributed by atoms with Crippen LogP contribution in [0.1, 0.15) is 0 Å². The molecule has 10 nitrogen and oxygen atoms in total. The van der Waals surface area contributed by atoms with Crippen LogP contribution in [-0.2, 0) is 9.47 Å². The molecule has 1 fully saturated rings. The molecule has 1 saturated heterocycles. The largest absolute Gasteiger partial charge is 0.492 e. The van der Waals surface area contributed by atoms with E-state index in [4.69, 9.17) is 15.2 Å². The standard InChI is InChI=1S/C13H17N5O5/c1-3-4-7-11(21)16-12(15)17-18(7)13(6-14)10(20)9(19)8(23-13)5-22-2/h3-4,8-10,19-20H,1,5H2,2H3,(H3,15,16,17,21)/b7-4-/t8-,9-,10-,13-/m1/s1. The molecule has 0 aromatic heterocycles. The molecule has 0 amide bonds. The molecular weight excluding hydrogens is 306 g/mol. The second-order valence-corrected chi connectivity index (χ2v) is 4.85. The molecule has 0 bridgehead atoms. The van der Waals surface area contributed by atoms with Crippen molar-refractivity contribution in [1.82, 2.24) is 5.01 Å². The summed E-state index contributed by atoms with van der Waals surface area (Å²) in [6.07, 6.45) is -1.42. The average Bonchev–Trinajstić information content (AvgIpc) is 2.76. The molecule has 0 aliphatic carbocycles. The van der Waals surface area contributed by atoms with Gasteiger partial charge < -0.3 is 30.5 Å². The smallest absolute Gasteiger partial charge is 0.279 e. The molecule has 0 saturated carbocycles. The number of aliphatic imine (C=N–C) groups is 1. The Morgan fingerprint density at radius 2 is 2.30 bits per heavy atom. The van der Waals surface area contributed by atoms with Gasteiger partial charge in [0.1, 0.15) is 30.1 Å². The van der Waals surface area contributed by atoms with Crippen molar-refractivity contribution in [3.63, 3.8) is 0 Å². The zero-order chi connectivity index (χ0) is 17.2. The number of nitrogens with two attached hydrogens (primary N) is 1. The number of ether oxygens (including phenoxy) is 2. The number of hydrogen-bond acceptors (Lipinski definition) is 9. The van der Waals surface area contributed by atoms with E-state index in [0.717, 1.165) is 5.01 Å². The van der Waals surface area contributed by atoms with Crippen molar-refractivity contribution in [2.75, 3.05) is 13.7 Å². The third-order valence-corrected chi connectivity index (χ3v) is 3.40. The first-order chi connectivity index (χ1) is 10.9. The summed E-state index contributed by atoms with van der Waals surface area (Å²) in [5.74, 6) is -0.883. The summed E-state index contributed by atoms with van der Waals surface area (Å²) in [6.45, 7) is 3.43. The highest BCUT2D eigenvalue weighted by Gasteiger charge is 2.60. The van der Waals surface area contributed by atoms with Crippen LogP contribution in [0.5, 0.6) is 0 Å². The molecule has 23 heavy (non-hydrogen) atoms. The number of rotatable bonds is 4. The number of methoxy groups -OCH3 is 1. The van der Waals surface area contributed by atoms with Gasteiger partial charge in [-0.15, -0.1) is 5.10 Å². The van der Waals surface area contributed by atoms with Gasteiger partial charge in [-0.3, -0.25) is 0 Å². The third kappa shape index (κ3) is 2.66. The average molecular weight is 323 g/mol. The lowest BCUT2D eigenvalue weighted by atomic mass is 10.0. The normalized spacial score (nSPS) is 35.7. The molecule has 2 rings (SSSR count). The lowest BCUT2D eigenvalue weighted by Crippen LogP contribution is -2.55. The molecular formula is C13H17N5O5. The van der Waals surface area contributed by atoms with E-state index in [1.54, 1.807) is 6.07 Å². The Balaban J connectivity index is 2.51. The van der Waals surface area contributed by atoms with Crippen LogP contribution >= 0.6 is 0 Å². The first-order valence-electron chi connectivity index (χ1n) is 6.60. The Labute approximate surface area is 132 Å². The number of allylic oxidation sites excluding steroid dienone is 2.